The molecule has 0 amide bonds. The Labute approximate surface area is 858 Å². The third-order valence-electron chi connectivity index (χ3n) is 30.0. The number of benzene rings is 10. The van der Waals surface area contributed by atoms with Crippen LogP contribution in [0.5, 0.6) is 0 Å². The zero-order valence-corrected chi connectivity index (χ0v) is 90.5. The van der Waals surface area contributed by atoms with E-state index in [1.54, 1.807) is 0 Å². The zero-order valence-electron chi connectivity index (χ0n) is 90.5. The molecule has 2 atom stereocenters. The molecule has 0 saturated heterocycles. The molecular formula is C125H174N6O12+6. The molecular weight excluding hydrogens is 1780 g/mol. The number of hydrogen-bond donors (Lipinski definition) is 0. The number of ether oxygens (including phenoxy) is 6. The predicted octanol–water partition coefficient (Wildman–Crippen LogP) is 25.0. The van der Waals surface area contributed by atoms with Crippen molar-refractivity contribution in [1.82, 2.24) is 0 Å². The summed E-state index contributed by atoms with van der Waals surface area (Å²) in [4.78, 5) is 75.4. The molecule has 0 bridgehead atoms. The summed E-state index contributed by atoms with van der Waals surface area (Å²) < 4.78 is 39.8. The fraction of sp³-hybridized carbons (Fsp3) is 0.472. The lowest BCUT2D eigenvalue weighted by molar-refractivity contribution is -0.926. The Hall–Kier alpha value is -11.2. The molecule has 0 fully saturated rings. The minimum absolute atomic E-state index is 0.166. The van der Waals surface area contributed by atoms with Crippen LogP contribution in [0.2, 0.25) is 0 Å². The number of rotatable bonds is 49. The molecule has 4 aliphatic carbocycles. The highest BCUT2D eigenvalue weighted by molar-refractivity contribution is 6.21. The summed E-state index contributed by atoms with van der Waals surface area (Å²) in [5, 5.41) is 8.15. The number of quaternary nitrogens is 6. The fourth-order valence-electron chi connectivity index (χ4n) is 21.1. The van der Waals surface area contributed by atoms with Gasteiger partial charge >= 0.3 is 35.8 Å². The Morgan fingerprint density at radius 1 is 0.224 bits per heavy atom. The van der Waals surface area contributed by atoms with Crippen LogP contribution >= 0.6 is 0 Å². The molecule has 0 spiro atoms. The van der Waals surface area contributed by atoms with Gasteiger partial charge in [-0.3, -0.25) is 0 Å². The van der Waals surface area contributed by atoms with Gasteiger partial charge in [-0.1, -0.05) is 287 Å². The summed E-state index contributed by atoms with van der Waals surface area (Å²) >= 11 is 0. The highest BCUT2D eigenvalue weighted by atomic mass is 16.6. The Kier molecular flexibility index (Phi) is 47.3. The van der Waals surface area contributed by atoms with E-state index in [9.17, 15) is 28.8 Å². The van der Waals surface area contributed by atoms with Gasteiger partial charge in [-0.15, -0.1) is 0 Å². The molecule has 0 saturated carbocycles. The van der Waals surface area contributed by atoms with Crippen molar-refractivity contribution in [3.8, 4) is 0 Å². The number of likely N-dealkylation sites (N-methyl/N-ethyl adjacent to an activating group) is 6. The maximum Gasteiger partial charge on any atom is 0.339 e. The monoisotopic (exact) mass is 1950 g/mol. The third kappa shape index (κ3) is 32.6. The summed E-state index contributed by atoms with van der Waals surface area (Å²) in [7, 11) is 6.24. The Bertz CT molecular complexity index is 5750. The molecule has 770 valence electrons. The first kappa shape index (κ1) is 115. The standard InChI is InChI=1S/C26H34NO2.C25H32NO2.C21H32NO2.C20H30NO2.C18H26NO2.C15H20NO2/c1-4-7-17-27(6-3,16-5-2)18-19-29-26(28)25-23-14-10-8-12-21(23)20-22-13-9-11-15-24(22)25;1-4-15-26(6-3,16-5-2)17-18-28-25(27)24-22-13-9-7-11-20(22)19-21-12-8-10-14-23(21)24;1-4-7-15-22(6-3,14-5-2)16-17-24-21(23)20-13-12-18-10-8-9-11-19(18)20;1-4-13-21(6-3,14-5-2)15-16-23-20(22)19-12-11-17-9-7-8-10-18(17)19;1-4-19(5-2,6-3)13-14-21-18(20)17-12-11-15-9-7-8-10-16(15)17;1-16(2,3)10-11-18-15(17)14-9-8-12-6-4-5-7-13(12)14/h8-15,20H,4-7,16-19H2,1-3H3;7-14,19H,4-6,15-18H2,1-3H3;8-11,13H,4-7,12,14-17H2,1-3H3;7-10,12H,4-6,11,13-16H2,1-3H3;7-10,12H,4-6,11,13-14H2,1-3H3;4-7,9H,8,10-11H2,1-3H3/q6*+1. The van der Waals surface area contributed by atoms with Gasteiger partial charge in [-0.25, -0.2) is 28.8 Å². The zero-order chi connectivity index (χ0) is 103. The predicted molar refractivity (Wildman–Crippen MR) is 593 cm³/mol. The number of carbonyl (C=O) groups is 6. The average molecular weight is 1950 g/mol. The summed E-state index contributed by atoms with van der Waals surface area (Å²) in [6.45, 7) is 58.5. The van der Waals surface area contributed by atoms with Crippen molar-refractivity contribution in [2.45, 2.75) is 194 Å². The smallest absolute Gasteiger partial charge is 0.339 e. The van der Waals surface area contributed by atoms with E-state index in [0.717, 1.165) is 278 Å². The first-order valence-corrected chi connectivity index (χ1v) is 54.2. The van der Waals surface area contributed by atoms with Crippen molar-refractivity contribution in [2.75, 3.05) is 198 Å². The lowest BCUT2D eigenvalue weighted by Crippen LogP contribution is -2.51. The number of esters is 6. The lowest BCUT2D eigenvalue weighted by atomic mass is 9.97. The van der Waals surface area contributed by atoms with Crippen LogP contribution in [-0.2, 0) is 73.3 Å². The van der Waals surface area contributed by atoms with Crippen LogP contribution < -0.4 is 0 Å². The summed E-state index contributed by atoms with van der Waals surface area (Å²) in [5.41, 5.74) is 13.3. The van der Waals surface area contributed by atoms with Gasteiger partial charge in [0.2, 0.25) is 0 Å². The van der Waals surface area contributed by atoms with Crippen molar-refractivity contribution in [3.63, 3.8) is 0 Å². The van der Waals surface area contributed by atoms with Crippen LogP contribution in [0.25, 0.3) is 65.4 Å². The van der Waals surface area contributed by atoms with Gasteiger partial charge < -0.3 is 55.3 Å². The Morgan fingerprint density at radius 2 is 0.427 bits per heavy atom. The minimum Gasteiger partial charge on any atom is -0.456 e. The molecule has 0 aliphatic heterocycles. The molecule has 143 heavy (non-hydrogen) atoms. The molecule has 14 rings (SSSR count). The van der Waals surface area contributed by atoms with Crippen molar-refractivity contribution in [2.24, 2.45) is 0 Å². The van der Waals surface area contributed by atoms with Gasteiger partial charge in [-0.2, -0.15) is 0 Å². The van der Waals surface area contributed by atoms with Crippen LogP contribution in [0.3, 0.4) is 0 Å². The Morgan fingerprint density at radius 3 is 0.650 bits per heavy atom. The molecule has 4 aliphatic rings. The van der Waals surface area contributed by atoms with Crippen molar-refractivity contribution in [1.29, 1.82) is 0 Å². The minimum atomic E-state index is -0.213. The molecule has 2 unspecified atom stereocenters. The van der Waals surface area contributed by atoms with Crippen molar-refractivity contribution < 1.29 is 84.1 Å². The second kappa shape index (κ2) is 58.7. The first-order valence-electron chi connectivity index (χ1n) is 54.2. The van der Waals surface area contributed by atoms with E-state index in [2.05, 4.69) is 186 Å². The van der Waals surface area contributed by atoms with E-state index >= 15 is 0 Å². The Balaban J connectivity index is 0.000000193. The van der Waals surface area contributed by atoms with E-state index in [-0.39, 0.29) is 35.8 Å². The maximum atomic E-state index is 13.2. The second-order valence-corrected chi connectivity index (χ2v) is 40.2. The first-order chi connectivity index (χ1) is 69.2. The maximum absolute atomic E-state index is 13.2. The second-order valence-electron chi connectivity index (χ2n) is 40.2. The average Bonchev–Trinajstić information content (AvgIpc) is 1.03. The third-order valence-corrected chi connectivity index (χ3v) is 30.0. The number of unbranched alkanes of at least 4 members (excludes halogenated alkanes) is 2. The topological polar surface area (TPSA) is 158 Å². The van der Waals surface area contributed by atoms with E-state index in [4.69, 9.17) is 28.4 Å². The van der Waals surface area contributed by atoms with Crippen LogP contribution in [0, 0.1) is 0 Å². The molecule has 18 nitrogen and oxygen atoms in total. The van der Waals surface area contributed by atoms with Crippen LogP contribution in [-0.4, -0.2) is 261 Å². The summed E-state index contributed by atoms with van der Waals surface area (Å²) in [6.07, 6.45) is 23.1. The van der Waals surface area contributed by atoms with Crippen LogP contribution in [0.15, 0.2) is 231 Å². The normalized spacial score (nSPS) is 13.6. The highest BCUT2D eigenvalue weighted by Gasteiger charge is 2.33. The summed E-state index contributed by atoms with van der Waals surface area (Å²) in [5.74, 6) is -1.14. The highest BCUT2D eigenvalue weighted by Crippen LogP contribution is 2.36. The van der Waals surface area contributed by atoms with Gasteiger partial charge in [0.05, 0.1) is 153 Å². The molecule has 18 heteroatoms. The number of allylic oxidation sites excluding steroid dienone is 4. The fourth-order valence-corrected chi connectivity index (χ4v) is 21.1. The molecule has 0 heterocycles. The SMILES string of the molecule is CCCC[N+](CC)(CCC)CCOC(=O)C1=CCc2ccccc21.CCCC[N+](CC)(CCC)CCOC(=O)c1c2ccccc2cc2ccccc12.CCC[N+](CC)(CCC)CCOC(=O)C1=CCc2ccccc21.CCC[N+](CC)(CCC)CCOC(=O)c1c2ccccc2cc2ccccc12.CC[N+](CC)(CC)CCOC(=O)C1=CCc2ccccc21.C[N+](C)(C)CCOC(=O)C1=CCc2ccccc21. The van der Waals surface area contributed by atoms with E-state index in [1.807, 2.05) is 170 Å². The molecule has 10 aromatic carbocycles. The largest absolute Gasteiger partial charge is 0.456 e. The van der Waals surface area contributed by atoms with Gasteiger partial charge in [0.15, 0.2) is 0 Å². The van der Waals surface area contributed by atoms with Gasteiger partial charge in [-0.05, 0) is 225 Å². The number of fused-ring (bicyclic) bond motifs is 8. The van der Waals surface area contributed by atoms with Gasteiger partial charge in [0, 0.05) is 0 Å². The number of carbonyl (C=O) groups excluding carboxylic acids is 6. The number of hydrogen-bond acceptors (Lipinski definition) is 12. The number of nitrogens with zero attached hydrogens (tertiary/aromatic N) is 6. The van der Waals surface area contributed by atoms with E-state index in [1.165, 1.54) is 80.3 Å². The van der Waals surface area contributed by atoms with E-state index in [0.29, 0.717) is 56.3 Å². The summed E-state index contributed by atoms with van der Waals surface area (Å²) in [6, 6.07) is 68.8. The van der Waals surface area contributed by atoms with Crippen molar-refractivity contribution >= 4 is 101 Å². The van der Waals surface area contributed by atoms with Gasteiger partial charge in [0.1, 0.15) is 78.9 Å². The van der Waals surface area contributed by atoms with Crippen molar-refractivity contribution in [3.05, 3.63) is 286 Å². The lowest BCUT2D eigenvalue weighted by Gasteiger charge is -2.37. The molecule has 0 N–H and O–H groups in total. The van der Waals surface area contributed by atoms with Crippen LogP contribution in [0.4, 0.5) is 0 Å². The molecule has 0 radical (unpaired) electrons. The van der Waals surface area contributed by atoms with Gasteiger partial charge in [0.25, 0.3) is 0 Å². The molecule has 0 aromatic heterocycles. The molecule has 10 aromatic rings. The quantitative estimate of drug-likeness (QED) is 0.0154. The van der Waals surface area contributed by atoms with E-state index < -0.39 is 0 Å². The van der Waals surface area contributed by atoms with Crippen LogP contribution in [0.1, 0.15) is 233 Å².